The van der Waals surface area contributed by atoms with E-state index < -0.39 is 0 Å². The van der Waals surface area contributed by atoms with Crippen molar-refractivity contribution in [3.05, 3.63) is 17.5 Å². The Kier molecular flexibility index (Phi) is 3.96. The smallest absolute Gasteiger partial charge is 0.150 e. The highest BCUT2D eigenvalue weighted by molar-refractivity contribution is 5.02. The Morgan fingerprint density at radius 1 is 1.44 bits per heavy atom. The minimum Gasteiger partial charge on any atom is -0.381 e. The van der Waals surface area contributed by atoms with Crippen LogP contribution in [0.5, 0.6) is 0 Å². The highest BCUT2D eigenvalue weighted by Gasteiger charge is 2.20. The van der Waals surface area contributed by atoms with Gasteiger partial charge in [-0.1, -0.05) is 5.16 Å². The van der Waals surface area contributed by atoms with Crippen LogP contribution in [-0.4, -0.2) is 24.4 Å². The van der Waals surface area contributed by atoms with Crippen LogP contribution in [0.3, 0.4) is 0 Å². The maximum absolute atomic E-state index is 5.35. The predicted octanol–water partition coefficient (Wildman–Crippen LogP) is 2.03. The second-order valence-electron chi connectivity index (χ2n) is 4.52. The number of rotatable bonds is 4. The molecule has 0 amide bonds. The largest absolute Gasteiger partial charge is 0.381 e. The molecule has 1 saturated carbocycles. The zero-order chi connectivity index (χ0) is 11.4. The third-order valence-corrected chi connectivity index (χ3v) is 3.25. The van der Waals surface area contributed by atoms with Gasteiger partial charge in [0.15, 0.2) is 5.76 Å². The van der Waals surface area contributed by atoms with E-state index in [1.165, 1.54) is 12.8 Å². The third-order valence-electron chi connectivity index (χ3n) is 3.25. The van der Waals surface area contributed by atoms with E-state index in [-0.39, 0.29) is 0 Å². The lowest BCUT2D eigenvalue weighted by molar-refractivity contribution is 0.0621. The van der Waals surface area contributed by atoms with Crippen molar-refractivity contribution in [2.75, 3.05) is 7.11 Å². The number of hydrogen-bond donors (Lipinski definition) is 1. The summed E-state index contributed by atoms with van der Waals surface area (Å²) in [6.45, 7) is 2.72. The van der Waals surface area contributed by atoms with Gasteiger partial charge in [0.1, 0.15) is 0 Å². The first kappa shape index (κ1) is 11.6. The van der Waals surface area contributed by atoms with Crippen LogP contribution >= 0.6 is 0 Å². The number of aryl methyl sites for hydroxylation is 1. The molecular formula is C12H20N2O2. The van der Waals surface area contributed by atoms with Crippen molar-refractivity contribution in [2.24, 2.45) is 0 Å². The zero-order valence-corrected chi connectivity index (χ0v) is 10.0. The predicted molar refractivity (Wildman–Crippen MR) is 61.1 cm³/mol. The Labute approximate surface area is 96.3 Å². The first-order chi connectivity index (χ1) is 7.78. The third kappa shape index (κ3) is 3.06. The molecule has 0 aromatic carbocycles. The van der Waals surface area contributed by atoms with Gasteiger partial charge < -0.3 is 14.6 Å². The first-order valence-electron chi connectivity index (χ1n) is 5.96. The number of methoxy groups -OCH3 is 1. The van der Waals surface area contributed by atoms with E-state index in [1.807, 2.05) is 13.0 Å². The van der Waals surface area contributed by atoms with Gasteiger partial charge in [-0.2, -0.15) is 0 Å². The van der Waals surface area contributed by atoms with Crippen molar-refractivity contribution < 1.29 is 9.26 Å². The Morgan fingerprint density at radius 3 is 2.75 bits per heavy atom. The van der Waals surface area contributed by atoms with Crippen molar-refractivity contribution in [1.29, 1.82) is 0 Å². The number of hydrogen-bond acceptors (Lipinski definition) is 4. The maximum atomic E-state index is 5.35. The molecule has 1 aromatic rings. The summed E-state index contributed by atoms with van der Waals surface area (Å²) in [4.78, 5) is 0. The SMILES string of the molecule is COC1CCC(NCc2cc(C)no2)CC1. The van der Waals surface area contributed by atoms with E-state index in [9.17, 15) is 0 Å². The molecule has 90 valence electrons. The van der Waals surface area contributed by atoms with Gasteiger partial charge in [-0.3, -0.25) is 0 Å². The number of aromatic nitrogens is 1. The molecule has 1 heterocycles. The second kappa shape index (κ2) is 5.46. The minimum absolute atomic E-state index is 0.463. The lowest BCUT2D eigenvalue weighted by atomic mass is 9.93. The van der Waals surface area contributed by atoms with Gasteiger partial charge >= 0.3 is 0 Å². The fourth-order valence-corrected chi connectivity index (χ4v) is 2.25. The second-order valence-corrected chi connectivity index (χ2v) is 4.52. The fourth-order valence-electron chi connectivity index (χ4n) is 2.25. The summed E-state index contributed by atoms with van der Waals surface area (Å²) >= 11 is 0. The van der Waals surface area contributed by atoms with Crippen molar-refractivity contribution in [3.8, 4) is 0 Å². The van der Waals surface area contributed by atoms with Crippen LogP contribution in [-0.2, 0) is 11.3 Å². The highest BCUT2D eigenvalue weighted by Crippen LogP contribution is 2.20. The standard InChI is InChI=1S/C12H20N2O2/c1-9-7-12(16-14-9)8-13-10-3-5-11(15-2)6-4-10/h7,10-11,13H,3-6,8H2,1-2H3. The van der Waals surface area contributed by atoms with Gasteiger partial charge in [0.25, 0.3) is 0 Å². The van der Waals surface area contributed by atoms with Crippen LogP contribution in [0.25, 0.3) is 0 Å². The Bertz CT molecular complexity index is 317. The van der Waals surface area contributed by atoms with Crippen molar-refractivity contribution in [1.82, 2.24) is 10.5 Å². The van der Waals surface area contributed by atoms with Gasteiger partial charge in [-0.05, 0) is 32.6 Å². The number of ether oxygens (including phenoxy) is 1. The van der Waals surface area contributed by atoms with Crippen LogP contribution in [0.4, 0.5) is 0 Å². The van der Waals surface area contributed by atoms with Gasteiger partial charge in [-0.25, -0.2) is 0 Å². The Balaban J connectivity index is 1.71. The van der Waals surface area contributed by atoms with Crippen molar-refractivity contribution in [3.63, 3.8) is 0 Å². The molecule has 4 nitrogen and oxygen atoms in total. The first-order valence-corrected chi connectivity index (χ1v) is 5.96. The van der Waals surface area contributed by atoms with E-state index in [0.717, 1.165) is 30.8 Å². The number of nitrogens with one attached hydrogen (secondary N) is 1. The minimum atomic E-state index is 0.463. The van der Waals surface area contributed by atoms with Crippen molar-refractivity contribution >= 4 is 0 Å². The molecule has 1 N–H and O–H groups in total. The summed E-state index contributed by atoms with van der Waals surface area (Å²) in [7, 11) is 1.80. The lowest BCUT2D eigenvalue weighted by Gasteiger charge is -2.27. The highest BCUT2D eigenvalue weighted by atomic mass is 16.5. The maximum Gasteiger partial charge on any atom is 0.150 e. The van der Waals surface area contributed by atoms with Gasteiger partial charge in [0.05, 0.1) is 18.3 Å². The summed E-state index contributed by atoms with van der Waals surface area (Å²) in [5.41, 5.74) is 0.944. The zero-order valence-electron chi connectivity index (χ0n) is 10.0. The van der Waals surface area contributed by atoms with Gasteiger partial charge in [0.2, 0.25) is 0 Å². The van der Waals surface area contributed by atoms with Crippen LogP contribution in [0.2, 0.25) is 0 Å². The molecule has 4 heteroatoms. The van der Waals surface area contributed by atoms with Crippen LogP contribution in [0.15, 0.2) is 10.6 Å². The molecule has 2 rings (SSSR count). The van der Waals surface area contributed by atoms with Crippen LogP contribution < -0.4 is 5.32 Å². The van der Waals surface area contributed by atoms with Crippen LogP contribution in [0.1, 0.15) is 37.1 Å². The van der Waals surface area contributed by atoms with E-state index in [1.54, 1.807) is 7.11 Å². The van der Waals surface area contributed by atoms with Crippen molar-refractivity contribution in [2.45, 2.75) is 51.3 Å². The van der Waals surface area contributed by atoms with E-state index in [2.05, 4.69) is 10.5 Å². The summed E-state index contributed by atoms with van der Waals surface area (Å²) in [6.07, 6.45) is 5.15. The summed E-state index contributed by atoms with van der Waals surface area (Å²) < 4.78 is 10.5. The summed E-state index contributed by atoms with van der Waals surface area (Å²) in [5.74, 6) is 0.923. The Hall–Kier alpha value is -0.870. The molecule has 0 radical (unpaired) electrons. The lowest BCUT2D eigenvalue weighted by Crippen LogP contribution is -2.34. The van der Waals surface area contributed by atoms with Gasteiger partial charge in [-0.15, -0.1) is 0 Å². The molecule has 1 aromatic heterocycles. The van der Waals surface area contributed by atoms with Crippen LogP contribution in [0, 0.1) is 6.92 Å². The monoisotopic (exact) mass is 224 g/mol. The van der Waals surface area contributed by atoms with Gasteiger partial charge in [0, 0.05) is 19.2 Å². The number of nitrogens with zero attached hydrogens (tertiary/aromatic N) is 1. The summed E-state index contributed by atoms with van der Waals surface area (Å²) in [6, 6.07) is 2.57. The summed E-state index contributed by atoms with van der Waals surface area (Å²) in [5, 5.41) is 7.38. The molecule has 16 heavy (non-hydrogen) atoms. The molecule has 0 aliphatic heterocycles. The molecule has 1 fully saturated rings. The average Bonchev–Trinajstić information content (AvgIpc) is 2.73. The fraction of sp³-hybridized carbons (Fsp3) is 0.750. The molecule has 0 spiro atoms. The average molecular weight is 224 g/mol. The van der Waals surface area contributed by atoms with E-state index in [0.29, 0.717) is 12.1 Å². The van der Waals surface area contributed by atoms with E-state index >= 15 is 0 Å². The molecule has 0 saturated heterocycles. The normalized spacial score (nSPS) is 25.9. The molecular weight excluding hydrogens is 204 g/mol. The molecule has 0 bridgehead atoms. The van der Waals surface area contributed by atoms with E-state index in [4.69, 9.17) is 9.26 Å². The molecule has 1 aliphatic carbocycles. The molecule has 0 unspecified atom stereocenters. The Morgan fingerprint density at radius 2 is 2.19 bits per heavy atom. The topological polar surface area (TPSA) is 47.3 Å². The molecule has 1 aliphatic rings. The quantitative estimate of drug-likeness (QED) is 0.850. The molecule has 0 atom stereocenters.